The molecule has 2 rings (SSSR count). The first kappa shape index (κ1) is 22.8. The number of carbonyl (C=O) groups excluding carboxylic acids is 2. The monoisotopic (exact) mass is 414 g/mol. The highest BCUT2D eigenvalue weighted by molar-refractivity contribution is 7.23. The number of carbonyl (C=O) groups is 2. The summed E-state index contributed by atoms with van der Waals surface area (Å²) in [6.45, 7) is 5.74. The van der Waals surface area contributed by atoms with Crippen LogP contribution in [0.1, 0.15) is 50.2 Å². The number of ether oxygens (including phenoxy) is 2. The number of Topliss-reactive ketones (excluding diaryl/α,β-unsaturated/α-hetero) is 2. The average molecular weight is 414 g/mol. The molecule has 0 N–H and O–H groups in total. The molecule has 154 valence electrons. The quantitative estimate of drug-likeness (QED) is 0.226. The molecule has 5 nitrogen and oxygen atoms in total. The fourth-order valence-corrected chi connectivity index (χ4v) is 4.06. The van der Waals surface area contributed by atoms with Crippen LogP contribution in [0.3, 0.4) is 0 Å². The van der Waals surface area contributed by atoms with Gasteiger partial charge in [0.2, 0.25) is 0 Å². The van der Waals surface area contributed by atoms with E-state index in [0.717, 1.165) is 16.7 Å². The number of ketones is 2. The second kappa shape index (κ2) is 10.3. The molecule has 0 bridgehead atoms. The Balaban J connectivity index is 2.56. The van der Waals surface area contributed by atoms with Crippen molar-refractivity contribution in [1.29, 1.82) is 0 Å². The lowest BCUT2D eigenvalue weighted by molar-refractivity contribution is 0.0795. The summed E-state index contributed by atoms with van der Waals surface area (Å²) in [5.41, 5.74) is 3.59. The number of benzene rings is 2. The molecule has 0 aromatic heterocycles. The van der Waals surface area contributed by atoms with Gasteiger partial charge in [0.05, 0.1) is 20.1 Å². The Labute approximate surface area is 173 Å². The molecule has 0 aliphatic rings. The fourth-order valence-electron chi connectivity index (χ4n) is 3.75. The van der Waals surface area contributed by atoms with E-state index in [-0.39, 0.29) is 25.6 Å². The molecule has 1 unspecified atom stereocenters. The lowest BCUT2D eigenvalue weighted by atomic mass is 9.83. The molecule has 1 atom stereocenters. The highest BCUT2D eigenvalue weighted by Crippen LogP contribution is 2.34. The number of hydrogen-bond donors (Lipinski definition) is 0. The van der Waals surface area contributed by atoms with Crippen LogP contribution < -0.4 is 9.47 Å². The van der Waals surface area contributed by atoms with Gasteiger partial charge < -0.3 is 9.47 Å². The Morgan fingerprint density at radius 3 is 1.93 bits per heavy atom. The van der Waals surface area contributed by atoms with E-state index < -0.39 is 5.92 Å². The van der Waals surface area contributed by atoms with Gasteiger partial charge in [-0.15, -0.1) is 0 Å². The minimum absolute atomic E-state index is 0.00241. The van der Waals surface area contributed by atoms with Crippen molar-refractivity contribution in [2.24, 2.45) is 5.92 Å². The highest BCUT2D eigenvalue weighted by Gasteiger charge is 2.33. The summed E-state index contributed by atoms with van der Waals surface area (Å²) in [7, 11) is 2.96. The van der Waals surface area contributed by atoms with Crippen molar-refractivity contribution < 1.29 is 23.6 Å². The van der Waals surface area contributed by atoms with E-state index >= 15 is 0 Å². The largest absolute Gasteiger partial charge is 0.496 e. The lowest BCUT2D eigenvalue weighted by Crippen LogP contribution is -2.27. The topological polar surface area (TPSA) is 69.7 Å². The van der Waals surface area contributed by atoms with Gasteiger partial charge >= 0.3 is 0 Å². The van der Waals surface area contributed by atoms with E-state index in [0.29, 0.717) is 36.1 Å². The number of hydrogen-bond acceptors (Lipinski definition) is 5. The molecule has 2 aromatic rings. The van der Waals surface area contributed by atoms with E-state index in [1.165, 1.54) is 14.2 Å². The van der Waals surface area contributed by atoms with E-state index in [4.69, 9.17) is 9.47 Å². The zero-order valence-electron chi connectivity index (χ0n) is 17.6. The molecular weight excluding hydrogens is 387 g/mol. The first-order valence-corrected chi connectivity index (χ1v) is 10.5. The van der Waals surface area contributed by atoms with Crippen LogP contribution in [-0.2, 0) is 4.57 Å². The first-order chi connectivity index (χ1) is 13.8. The fraction of sp³-hybridized carbons (Fsp3) is 0.391. The van der Waals surface area contributed by atoms with Crippen molar-refractivity contribution in [2.45, 2.75) is 33.6 Å². The van der Waals surface area contributed by atoms with E-state index in [1.54, 1.807) is 18.2 Å². The van der Waals surface area contributed by atoms with E-state index in [2.05, 4.69) is 0 Å². The predicted molar refractivity (Wildman–Crippen MR) is 114 cm³/mol. The first-order valence-electron chi connectivity index (χ1n) is 9.52. The standard InChI is InChI=1S/C23H27O5P/c1-14-12-15(2)20(16(3)13-14)22(24)17(8-7-11-29-26)23(25)21-18(27-4)9-6-10-19(21)28-5/h6,9-10,12-13,17H,7-8,11H2,1-5H3. The van der Waals surface area contributed by atoms with Gasteiger partial charge in [0.25, 0.3) is 0 Å². The smallest absolute Gasteiger partial charge is 0.181 e. The maximum atomic E-state index is 13.5. The van der Waals surface area contributed by atoms with Crippen LogP contribution in [0.5, 0.6) is 11.5 Å². The van der Waals surface area contributed by atoms with Gasteiger partial charge in [-0.05, 0) is 56.9 Å². The van der Waals surface area contributed by atoms with Crippen LogP contribution in [0.15, 0.2) is 30.3 Å². The third kappa shape index (κ3) is 5.10. The molecule has 0 radical (unpaired) electrons. The summed E-state index contributed by atoms with van der Waals surface area (Å²) in [6, 6.07) is 8.98. The molecule has 0 spiro atoms. The molecule has 0 fully saturated rings. The third-order valence-electron chi connectivity index (χ3n) is 4.97. The Morgan fingerprint density at radius 1 is 0.931 bits per heavy atom. The zero-order valence-corrected chi connectivity index (χ0v) is 18.5. The summed E-state index contributed by atoms with van der Waals surface area (Å²) < 4.78 is 21.6. The third-order valence-corrected chi connectivity index (χ3v) is 5.47. The van der Waals surface area contributed by atoms with Crippen molar-refractivity contribution in [3.8, 4) is 11.5 Å². The van der Waals surface area contributed by atoms with Crippen molar-refractivity contribution in [3.63, 3.8) is 0 Å². The Hall–Kier alpha value is -2.52. The molecule has 2 aromatic carbocycles. The second-order valence-electron chi connectivity index (χ2n) is 7.09. The van der Waals surface area contributed by atoms with Crippen LogP contribution >= 0.6 is 8.46 Å². The van der Waals surface area contributed by atoms with Crippen LogP contribution in [0.25, 0.3) is 0 Å². The minimum atomic E-state index is -0.901. The predicted octanol–water partition coefficient (Wildman–Crippen LogP) is 5.38. The van der Waals surface area contributed by atoms with Gasteiger partial charge in [0.15, 0.2) is 20.0 Å². The van der Waals surface area contributed by atoms with Crippen molar-refractivity contribution in [1.82, 2.24) is 0 Å². The lowest BCUT2D eigenvalue weighted by Gasteiger charge is -2.20. The normalized spacial score (nSPS) is 11.9. The van der Waals surface area contributed by atoms with Crippen LogP contribution in [0.4, 0.5) is 0 Å². The number of methoxy groups -OCH3 is 2. The van der Waals surface area contributed by atoms with Gasteiger partial charge in [0, 0.05) is 11.7 Å². The number of rotatable bonds is 10. The Morgan fingerprint density at radius 2 is 1.45 bits per heavy atom. The molecule has 0 aliphatic heterocycles. The van der Waals surface area contributed by atoms with E-state index in [9.17, 15) is 14.2 Å². The Kier molecular flexibility index (Phi) is 8.10. The maximum absolute atomic E-state index is 13.5. The molecule has 0 saturated carbocycles. The van der Waals surface area contributed by atoms with Gasteiger partial charge in [-0.1, -0.05) is 23.8 Å². The highest BCUT2D eigenvalue weighted by atomic mass is 31.1. The van der Waals surface area contributed by atoms with Crippen molar-refractivity contribution in [2.75, 3.05) is 20.4 Å². The molecular formula is C23H27O5P. The van der Waals surface area contributed by atoms with Crippen LogP contribution in [-0.4, -0.2) is 31.9 Å². The van der Waals surface area contributed by atoms with Crippen LogP contribution in [0, 0.1) is 26.7 Å². The van der Waals surface area contributed by atoms with E-state index in [1.807, 2.05) is 32.9 Å². The molecule has 0 saturated heterocycles. The SMILES string of the molecule is COc1cccc(OC)c1C(=O)C(CCCP=O)C(=O)c1c(C)cc(C)cc1C. The van der Waals surface area contributed by atoms with Crippen LogP contribution in [0.2, 0.25) is 0 Å². The van der Waals surface area contributed by atoms with Gasteiger partial charge in [0.1, 0.15) is 17.1 Å². The summed E-state index contributed by atoms with van der Waals surface area (Å²) in [5, 5.41) is 0. The van der Waals surface area contributed by atoms with Crippen molar-refractivity contribution in [3.05, 3.63) is 58.1 Å². The molecule has 0 aliphatic carbocycles. The Bertz CT molecular complexity index is 874. The maximum Gasteiger partial charge on any atom is 0.181 e. The summed E-state index contributed by atoms with van der Waals surface area (Å²) >= 11 is 0. The number of aryl methyl sites for hydroxylation is 3. The molecule has 6 heteroatoms. The zero-order chi connectivity index (χ0) is 21.6. The van der Waals surface area contributed by atoms with Crippen molar-refractivity contribution >= 4 is 20.0 Å². The molecule has 29 heavy (non-hydrogen) atoms. The summed E-state index contributed by atoms with van der Waals surface area (Å²) in [5.74, 6) is -0.730. The summed E-state index contributed by atoms with van der Waals surface area (Å²) in [6.07, 6.45) is 1.20. The molecule has 0 heterocycles. The minimum Gasteiger partial charge on any atom is -0.496 e. The second-order valence-corrected chi connectivity index (χ2v) is 7.79. The average Bonchev–Trinajstić information content (AvgIpc) is 2.69. The summed E-state index contributed by atoms with van der Waals surface area (Å²) in [4.78, 5) is 27.1. The molecule has 0 amide bonds. The van der Waals surface area contributed by atoms with Gasteiger partial charge in [-0.2, -0.15) is 0 Å². The van der Waals surface area contributed by atoms with Gasteiger partial charge in [-0.3, -0.25) is 14.2 Å². The van der Waals surface area contributed by atoms with Gasteiger partial charge in [-0.25, -0.2) is 0 Å².